The first kappa shape index (κ1) is 7.54. The summed E-state index contributed by atoms with van der Waals surface area (Å²) in [5.74, 6) is -1.24. The van der Waals surface area contributed by atoms with E-state index in [1.54, 1.807) is 6.92 Å². The Morgan fingerprint density at radius 1 is 2.00 bits per heavy atom. The second kappa shape index (κ2) is 3.01. The molecular weight excluding hydrogens is 130 g/mol. The van der Waals surface area contributed by atoms with Gasteiger partial charge in [-0.1, -0.05) is 20.3 Å². The minimum atomic E-state index is -1.37. The molecule has 60 valence electrons. The lowest BCUT2D eigenvalue weighted by Gasteiger charge is -2.25. The van der Waals surface area contributed by atoms with Crippen molar-refractivity contribution in [3.05, 3.63) is 0 Å². The van der Waals surface area contributed by atoms with Crippen LogP contribution in [0.4, 0.5) is 0 Å². The summed E-state index contributed by atoms with van der Waals surface area (Å²) in [6.45, 7) is 3.35. The molecule has 0 aliphatic carbocycles. The lowest BCUT2D eigenvalue weighted by Crippen LogP contribution is -2.50. The summed E-state index contributed by atoms with van der Waals surface area (Å²) in [4.78, 5) is 10.6. The van der Waals surface area contributed by atoms with Gasteiger partial charge in [0.25, 0.3) is 0 Å². The number of carboxylic acids is 1. The molecule has 0 rings (SSSR count). The van der Waals surface area contributed by atoms with Crippen LogP contribution in [-0.2, 0) is 4.79 Å². The molecule has 0 radical (unpaired) electrons. The fourth-order valence-electron chi connectivity index (χ4n) is 0.575. The smallest absolute Gasteiger partial charge is 0.323 e. The van der Waals surface area contributed by atoms with Crippen molar-refractivity contribution in [1.29, 1.82) is 0 Å². The van der Waals surface area contributed by atoms with Crippen LogP contribution in [0, 0.1) is 5.92 Å². The first-order valence-corrected chi connectivity index (χ1v) is 3.30. The molecule has 0 aromatic rings. The normalized spacial score (nSPS) is 20.9. The van der Waals surface area contributed by atoms with Crippen LogP contribution in [0.2, 0.25) is 0 Å². The number of hydrogen-bond acceptors (Lipinski definition) is 2. The lowest BCUT2D eigenvalue weighted by atomic mass is 9.86. The Hall–Kier alpha value is -0.570. The van der Waals surface area contributed by atoms with Crippen LogP contribution in [0.15, 0.2) is 0 Å². The minimum absolute atomic E-state index is 0.155. The average molecular weight is 146 g/mol. The molecule has 10 heavy (non-hydrogen) atoms. The van der Waals surface area contributed by atoms with Crippen LogP contribution in [-0.4, -0.2) is 16.6 Å². The van der Waals surface area contributed by atoms with Crippen molar-refractivity contribution in [1.82, 2.24) is 0 Å². The molecule has 0 saturated carbocycles. The first-order valence-electron chi connectivity index (χ1n) is 4.01. The fourth-order valence-corrected chi connectivity index (χ4v) is 0.575. The first-order chi connectivity index (χ1) is 4.99. The Labute approximate surface area is 62.6 Å². The van der Waals surface area contributed by atoms with Crippen molar-refractivity contribution in [3.63, 3.8) is 0 Å². The summed E-state index contributed by atoms with van der Waals surface area (Å²) in [6.07, 6.45) is 0.682. The maximum absolute atomic E-state index is 10.6. The molecule has 0 aliphatic rings. The van der Waals surface area contributed by atoms with E-state index >= 15 is 0 Å². The fraction of sp³-hybridized carbons (Fsp3) is 0.857. The van der Waals surface area contributed by atoms with E-state index < -0.39 is 11.5 Å². The second-order valence-corrected chi connectivity index (χ2v) is 2.65. The van der Waals surface area contributed by atoms with Gasteiger partial charge in [0.1, 0.15) is 5.54 Å². The average Bonchev–Trinajstić information content (AvgIpc) is 2.01. The van der Waals surface area contributed by atoms with E-state index in [1.807, 2.05) is 6.92 Å². The number of hydrogen-bond donors (Lipinski definition) is 2. The SMILES string of the molecule is [2H]C[C@@](N)(C(=O)O)[C@@H](C)CC. The zero-order chi connectivity index (χ0) is 9.07. The second-order valence-electron chi connectivity index (χ2n) is 2.65. The standard InChI is InChI=1S/C7H15NO2/c1-4-5(2)7(3,8)6(9)10/h5H,4,8H2,1-3H3,(H,9,10)/t5-,7-/m0/s1/i3D. The predicted octanol–water partition coefficient (Wildman–Crippen LogP) is 0.834. The quantitative estimate of drug-likeness (QED) is 0.620. The zero-order valence-electron chi connectivity index (χ0n) is 7.42. The van der Waals surface area contributed by atoms with E-state index in [4.69, 9.17) is 12.2 Å². The van der Waals surface area contributed by atoms with E-state index in [9.17, 15) is 4.79 Å². The highest BCUT2D eigenvalue weighted by molar-refractivity contribution is 5.78. The summed E-state index contributed by atoms with van der Waals surface area (Å²) in [7, 11) is 0. The minimum Gasteiger partial charge on any atom is -0.480 e. The Bertz CT molecular complexity index is 151. The predicted molar refractivity (Wildman–Crippen MR) is 39.7 cm³/mol. The molecule has 2 atom stereocenters. The summed E-state index contributed by atoms with van der Waals surface area (Å²) in [5, 5.41) is 8.69. The van der Waals surface area contributed by atoms with Gasteiger partial charge >= 0.3 is 5.97 Å². The molecule has 3 nitrogen and oxygen atoms in total. The molecule has 0 bridgehead atoms. The van der Waals surface area contributed by atoms with Crippen molar-refractivity contribution in [2.45, 2.75) is 32.7 Å². The number of carboxylic acid groups (broad SMARTS) is 1. The van der Waals surface area contributed by atoms with Crippen molar-refractivity contribution in [3.8, 4) is 0 Å². The molecule has 0 spiro atoms. The van der Waals surface area contributed by atoms with Gasteiger partial charge in [0.2, 0.25) is 0 Å². The van der Waals surface area contributed by atoms with Gasteiger partial charge in [0, 0.05) is 1.37 Å². The summed E-state index contributed by atoms with van der Waals surface area (Å²) in [6, 6.07) is 0. The zero-order valence-corrected chi connectivity index (χ0v) is 6.42. The highest BCUT2D eigenvalue weighted by Gasteiger charge is 2.33. The Kier molecular flexibility index (Phi) is 2.27. The van der Waals surface area contributed by atoms with Crippen LogP contribution >= 0.6 is 0 Å². The van der Waals surface area contributed by atoms with Crippen LogP contribution in [0.5, 0.6) is 0 Å². The van der Waals surface area contributed by atoms with Gasteiger partial charge in [0.05, 0.1) is 0 Å². The Morgan fingerprint density at radius 2 is 2.50 bits per heavy atom. The summed E-state index contributed by atoms with van der Waals surface area (Å²) in [5.41, 5.74) is 4.14. The third kappa shape index (κ3) is 1.70. The third-order valence-electron chi connectivity index (χ3n) is 1.89. The van der Waals surface area contributed by atoms with E-state index in [0.717, 1.165) is 0 Å². The van der Waals surface area contributed by atoms with Crippen LogP contribution in [0.1, 0.15) is 28.5 Å². The van der Waals surface area contributed by atoms with Gasteiger partial charge in [-0.15, -0.1) is 0 Å². The molecule has 0 fully saturated rings. The van der Waals surface area contributed by atoms with Crippen molar-refractivity contribution in [2.75, 3.05) is 0 Å². The Balaban J connectivity index is 4.45. The molecule has 0 aromatic carbocycles. The molecular formula is C7H15NO2. The molecule has 3 heteroatoms. The monoisotopic (exact) mass is 146 g/mol. The lowest BCUT2D eigenvalue weighted by molar-refractivity contribution is -0.144. The van der Waals surface area contributed by atoms with Crippen molar-refractivity contribution >= 4 is 5.97 Å². The van der Waals surface area contributed by atoms with Gasteiger partial charge in [0.15, 0.2) is 0 Å². The van der Waals surface area contributed by atoms with E-state index in [1.165, 1.54) is 0 Å². The van der Waals surface area contributed by atoms with Crippen LogP contribution in [0.3, 0.4) is 0 Å². The molecule has 0 amide bonds. The van der Waals surface area contributed by atoms with Gasteiger partial charge in [-0.3, -0.25) is 4.79 Å². The molecule has 0 aromatic heterocycles. The van der Waals surface area contributed by atoms with Gasteiger partial charge in [-0.2, -0.15) is 0 Å². The van der Waals surface area contributed by atoms with Crippen LogP contribution in [0.25, 0.3) is 0 Å². The topological polar surface area (TPSA) is 63.3 Å². The summed E-state index contributed by atoms with van der Waals surface area (Å²) >= 11 is 0. The number of rotatable bonds is 3. The highest BCUT2D eigenvalue weighted by Crippen LogP contribution is 2.16. The van der Waals surface area contributed by atoms with E-state index in [-0.39, 0.29) is 12.8 Å². The number of nitrogens with two attached hydrogens (primary N) is 1. The van der Waals surface area contributed by atoms with E-state index in [2.05, 4.69) is 0 Å². The largest absolute Gasteiger partial charge is 0.480 e. The van der Waals surface area contributed by atoms with Crippen LogP contribution < -0.4 is 5.73 Å². The third-order valence-corrected chi connectivity index (χ3v) is 1.89. The number of carbonyl (C=O) groups is 1. The molecule has 3 N–H and O–H groups in total. The van der Waals surface area contributed by atoms with Gasteiger partial charge < -0.3 is 10.8 Å². The maximum atomic E-state index is 10.6. The van der Waals surface area contributed by atoms with E-state index in [0.29, 0.717) is 6.42 Å². The molecule has 0 aliphatic heterocycles. The van der Waals surface area contributed by atoms with Gasteiger partial charge in [-0.05, 0) is 12.8 Å². The van der Waals surface area contributed by atoms with Crippen molar-refractivity contribution in [2.24, 2.45) is 11.7 Å². The maximum Gasteiger partial charge on any atom is 0.323 e. The summed E-state index contributed by atoms with van der Waals surface area (Å²) < 4.78 is 7.02. The molecule has 0 unspecified atom stereocenters. The van der Waals surface area contributed by atoms with Gasteiger partial charge in [-0.25, -0.2) is 0 Å². The Morgan fingerprint density at radius 3 is 2.60 bits per heavy atom. The molecule has 0 heterocycles. The highest BCUT2D eigenvalue weighted by atomic mass is 16.4. The van der Waals surface area contributed by atoms with Crippen molar-refractivity contribution < 1.29 is 11.3 Å². The number of aliphatic carboxylic acids is 1. The molecule has 0 saturated heterocycles.